The zero-order valence-electron chi connectivity index (χ0n) is 33.5. The molecule has 2 aromatic heterocycles. The van der Waals surface area contributed by atoms with Crippen molar-refractivity contribution in [2.45, 2.75) is 5.41 Å². The fraction of sp³-hybridized carbons (Fsp3) is 0.0172. The van der Waals surface area contributed by atoms with E-state index in [0.29, 0.717) is 17.5 Å². The molecule has 0 amide bonds. The van der Waals surface area contributed by atoms with Crippen molar-refractivity contribution in [3.8, 4) is 78.7 Å². The highest BCUT2D eigenvalue weighted by Gasteiger charge is 2.50. The highest BCUT2D eigenvalue weighted by molar-refractivity contribution is 6.16. The minimum atomic E-state index is -0.707. The SMILES string of the molecule is c1ccc(-c2cccc(-c3nc(-c4ccccc4)nc(-c4ccc5c(c4)C4(c6ccccc6-c6ccccc6-5)c5ccccc5-c5c4ccc4oc6ccccc6c54)n3)c2)cc1. The van der Waals surface area contributed by atoms with Crippen molar-refractivity contribution in [3.63, 3.8) is 0 Å². The molecule has 288 valence electrons. The zero-order chi connectivity index (χ0) is 40.8. The number of furan rings is 1. The van der Waals surface area contributed by atoms with Crippen molar-refractivity contribution in [1.82, 2.24) is 15.0 Å². The van der Waals surface area contributed by atoms with Crippen molar-refractivity contribution in [1.29, 1.82) is 0 Å². The van der Waals surface area contributed by atoms with Crippen LogP contribution < -0.4 is 0 Å². The van der Waals surface area contributed by atoms with Crippen molar-refractivity contribution in [2.75, 3.05) is 0 Å². The van der Waals surface area contributed by atoms with Gasteiger partial charge in [-0.25, -0.2) is 15.0 Å². The van der Waals surface area contributed by atoms with E-state index in [1.54, 1.807) is 0 Å². The van der Waals surface area contributed by atoms with Gasteiger partial charge in [-0.3, -0.25) is 0 Å². The standard InChI is InChI=1S/C58H35N3O/c1-3-16-36(17-4-1)38-20-15-21-39(34-38)56-59-55(37-18-5-2-6-19-37)60-57(61-56)40-30-31-44-42-23-8-7-22-41(42)43-24-9-12-27-47(43)58(50(44)35-40)48-28-13-10-25-45(48)53-49(58)32-33-52-54(53)46-26-11-14-29-51(46)62-52/h1-35H. The molecule has 0 N–H and O–H groups in total. The summed E-state index contributed by atoms with van der Waals surface area (Å²) in [5.74, 6) is 1.87. The van der Waals surface area contributed by atoms with E-state index >= 15 is 0 Å². The van der Waals surface area contributed by atoms with Gasteiger partial charge < -0.3 is 4.42 Å². The van der Waals surface area contributed by atoms with Gasteiger partial charge in [0.25, 0.3) is 0 Å². The Morgan fingerprint density at radius 2 is 0.839 bits per heavy atom. The van der Waals surface area contributed by atoms with Gasteiger partial charge >= 0.3 is 0 Å². The molecule has 0 saturated carbocycles. The molecule has 4 nitrogen and oxygen atoms in total. The van der Waals surface area contributed by atoms with E-state index < -0.39 is 5.41 Å². The maximum absolute atomic E-state index is 6.57. The minimum Gasteiger partial charge on any atom is -0.456 e. The lowest BCUT2D eigenvalue weighted by Gasteiger charge is -2.35. The Hall–Kier alpha value is -8.21. The highest BCUT2D eigenvalue weighted by Crippen LogP contribution is 2.63. The molecule has 2 heterocycles. The molecule has 11 aromatic rings. The average molecular weight is 790 g/mol. The Morgan fingerprint density at radius 1 is 0.306 bits per heavy atom. The zero-order valence-corrected chi connectivity index (χ0v) is 33.5. The lowest BCUT2D eigenvalue weighted by Crippen LogP contribution is -2.29. The smallest absolute Gasteiger partial charge is 0.164 e. The topological polar surface area (TPSA) is 51.8 Å². The second-order valence-corrected chi connectivity index (χ2v) is 16.2. The van der Waals surface area contributed by atoms with E-state index in [2.05, 4.69) is 182 Å². The van der Waals surface area contributed by atoms with Crippen LogP contribution in [0, 0.1) is 0 Å². The summed E-state index contributed by atoms with van der Waals surface area (Å²) < 4.78 is 6.57. The molecule has 13 rings (SSSR count). The second-order valence-electron chi connectivity index (χ2n) is 16.2. The molecule has 0 aliphatic heterocycles. The van der Waals surface area contributed by atoms with Crippen LogP contribution in [0.3, 0.4) is 0 Å². The van der Waals surface area contributed by atoms with Crippen molar-refractivity contribution in [3.05, 3.63) is 235 Å². The summed E-state index contributed by atoms with van der Waals surface area (Å²) in [6.07, 6.45) is 0. The van der Waals surface area contributed by atoms with Gasteiger partial charge in [-0.2, -0.15) is 0 Å². The van der Waals surface area contributed by atoms with Gasteiger partial charge in [0.05, 0.1) is 5.41 Å². The molecule has 0 bridgehead atoms. The van der Waals surface area contributed by atoms with Crippen LogP contribution in [0.1, 0.15) is 22.3 Å². The van der Waals surface area contributed by atoms with Gasteiger partial charge in [0.1, 0.15) is 11.2 Å². The molecule has 0 saturated heterocycles. The van der Waals surface area contributed by atoms with E-state index in [4.69, 9.17) is 19.4 Å². The number of benzene rings is 9. The van der Waals surface area contributed by atoms with Gasteiger partial charge in [0.15, 0.2) is 17.5 Å². The number of rotatable bonds is 4. The Balaban J connectivity index is 1.12. The average Bonchev–Trinajstić information content (AvgIpc) is 3.85. The lowest BCUT2D eigenvalue weighted by atomic mass is 9.65. The van der Waals surface area contributed by atoms with Gasteiger partial charge in [0.2, 0.25) is 0 Å². The van der Waals surface area contributed by atoms with E-state index in [0.717, 1.165) is 49.8 Å². The molecule has 4 heteroatoms. The van der Waals surface area contributed by atoms with Gasteiger partial charge in [0, 0.05) is 27.5 Å². The van der Waals surface area contributed by atoms with Crippen LogP contribution in [0.2, 0.25) is 0 Å². The maximum atomic E-state index is 6.57. The van der Waals surface area contributed by atoms with Crippen LogP contribution in [0.5, 0.6) is 0 Å². The molecule has 1 spiro atoms. The quantitative estimate of drug-likeness (QED) is 0.178. The summed E-state index contributed by atoms with van der Waals surface area (Å²) in [6, 6.07) is 75.8. The normalized spacial score (nSPS) is 14.5. The summed E-state index contributed by atoms with van der Waals surface area (Å²) >= 11 is 0. The molecule has 2 aliphatic rings. The minimum absolute atomic E-state index is 0.616. The largest absolute Gasteiger partial charge is 0.456 e. The first-order chi connectivity index (χ1) is 30.7. The molecule has 62 heavy (non-hydrogen) atoms. The molecule has 1 atom stereocenters. The summed E-state index contributed by atoms with van der Waals surface area (Å²) in [6.45, 7) is 0. The molecule has 9 aromatic carbocycles. The number of aromatic nitrogens is 3. The van der Waals surface area contributed by atoms with E-state index in [-0.39, 0.29) is 0 Å². The predicted molar refractivity (Wildman–Crippen MR) is 251 cm³/mol. The Bertz CT molecular complexity index is 3590. The third-order valence-electron chi connectivity index (χ3n) is 13.0. The number of hydrogen-bond acceptors (Lipinski definition) is 4. The number of nitrogens with zero attached hydrogens (tertiary/aromatic N) is 3. The van der Waals surface area contributed by atoms with Crippen molar-refractivity contribution in [2.24, 2.45) is 0 Å². The monoisotopic (exact) mass is 789 g/mol. The summed E-state index contributed by atoms with van der Waals surface area (Å²) in [5.41, 5.74) is 18.2. The van der Waals surface area contributed by atoms with Crippen LogP contribution >= 0.6 is 0 Å². The molecule has 0 radical (unpaired) electrons. The molecule has 1 unspecified atom stereocenters. The van der Waals surface area contributed by atoms with Crippen LogP contribution in [0.4, 0.5) is 0 Å². The van der Waals surface area contributed by atoms with Crippen LogP contribution in [0.15, 0.2) is 217 Å². The van der Waals surface area contributed by atoms with Crippen LogP contribution in [-0.2, 0) is 5.41 Å². The summed E-state index contributed by atoms with van der Waals surface area (Å²) in [7, 11) is 0. The summed E-state index contributed by atoms with van der Waals surface area (Å²) in [4.78, 5) is 15.8. The lowest BCUT2D eigenvalue weighted by molar-refractivity contribution is 0.668. The first-order valence-corrected chi connectivity index (χ1v) is 21.1. The van der Waals surface area contributed by atoms with Crippen LogP contribution in [-0.4, -0.2) is 15.0 Å². The van der Waals surface area contributed by atoms with Crippen LogP contribution in [0.25, 0.3) is 101 Å². The number of hydrogen-bond donors (Lipinski definition) is 0. The molecule has 0 fully saturated rings. The highest BCUT2D eigenvalue weighted by atomic mass is 16.3. The number of fused-ring (bicyclic) bond motifs is 16. The Labute approximate surface area is 358 Å². The molecular formula is C58H35N3O. The fourth-order valence-corrected chi connectivity index (χ4v) is 10.4. The predicted octanol–water partition coefficient (Wildman–Crippen LogP) is 14.4. The van der Waals surface area contributed by atoms with E-state index in [1.807, 2.05) is 30.3 Å². The van der Waals surface area contributed by atoms with Gasteiger partial charge in [-0.1, -0.05) is 188 Å². The van der Waals surface area contributed by atoms with Crippen molar-refractivity contribution < 1.29 is 4.42 Å². The fourth-order valence-electron chi connectivity index (χ4n) is 10.4. The first-order valence-electron chi connectivity index (χ1n) is 21.1. The van der Waals surface area contributed by atoms with E-state index in [9.17, 15) is 0 Å². The van der Waals surface area contributed by atoms with Gasteiger partial charge in [-0.05, 0) is 91.0 Å². The Morgan fingerprint density at radius 3 is 1.58 bits per heavy atom. The summed E-state index contributed by atoms with van der Waals surface area (Å²) in [5, 5.41) is 2.26. The number of para-hydroxylation sites is 1. The third kappa shape index (κ3) is 4.98. The first kappa shape index (κ1) is 34.6. The van der Waals surface area contributed by atoms with Crippen molar-refractivity contribution >= 4 is 21.9 Å². The Kier molecular flexibility index (Phi) is 7.49. The van der Waals surface area contributed by atoms with Gasteiger partial charge in [-0.15, -0.1) is 0 Å². The second kappa shape index (κ2) is 13.4. The third-order valence-corrected chi connectivity index (χ3v) is 13.0. The van der Waals surface area contributed by atoms with E-state index in [1.165, 1.54) is 55.6 Å². The molecular weight excluding hydrogens is 755 g/mol. The molecule has 2 aliphatic carbocycles. The maximum Gasteiger partial charge on any atom is 0.164 e.